The van der Waals surface area contributed by atoms with E-state index in [0.717, 1.165) is 48.6 Å². The molecule has 53 heavy (non-hydrogen) atoms. The third-order valence-corrected chi connectivity index (χ3v) is 9.57. The maximum Gasteiger partial charge on any atom is 1.00 e. The summed E-state index contributed by atoms with van der Waals surface area (Å²) >= 11 is 0. The number of hydrogen-bond acceptors (Lipinski definition) is 13. The zero-order chi connectivity index (χ0) is 36.4. The Hall–Kier alpha value is -2.77. The molecule has 0 aliphatic rings. The molecule has 0 aliphatic carbocycles. The maximum absolute atomic E-state index is 13.2. The van der Waals surface area contributed by atoms with Crippen molar-refractivity contribution in [1.29, 1.82) is 0 Å². The molecular weight excluding hydrogens is 788 g/mol. The first kappa shape index (κ1) is 46.4. The smallest absolute Gasteiger partial charge is 0.744 e. The summed E-state index contributed by atoms with van der Waals surface area (Å²) in [6.07, 6.45) is 2.09. The first-order chi connectivity index (χ1) is 23.4. The van der Waals surface area contributed by atoms with Crippen molar-refractivity contribution in [3.05, 3.63) is 124 Å². The third kappa shape index (κ3) is 11.6. The summed E-state index contributed by atoms with van der Waals surface area (Å²) in [5.41, 5.74) is -0.700. The molecule has 0 amide bonds. The van der Waals surface area contributed by atoms with Crippen molar-refractivity contribution < 1.29 is 137 Å². The van der Waals surface area contributed by atoms with Crippen LogP contribution in [0.15, 0.2) is 127 Å². The molecule has 0 atom stereocenters. The first-order valence-electron chi connectivity index (χ1n) is 13.7. The minimum absolute atomic E-state index is 0. The number of azo groups is 2. The van der Waals surface area contributed by atoms with Crippen LogP contribution in [-0.4, -0.2) is 48.7 Å². The average molecular weight is 808 g/mol. The summed E-state index contributed by atoms with van der Waals surface area (Å²) in [7, 11) is -14.6. The average Bonchev–Trinajstić information content (AvgIpc) is 3.05. The third-order valence-electron chi connectivity index (χ3n) is 6.90. The molecule has 0 heterocycles. The van der Waals surface area contributed by atoms with Gasteiger partial charge in [-0.3, -0.25) is 19.2 Å². The van der Waals surface area contributed by atoms with E-state index in [-0.39, 0.29) is 122 Å². The molecular formula is C30H20N5Na3O12S3+2. The van der Waals surface area contributed by atoms with Crippen molar-refractivity contribution in [1.82, 2.24) is 0 Å². The van der Waals surface area contributed by atoms with Gasteiger partial charge in [0.05, 0.1) is 21.2 Å². The summed E-state index contributed by atoms with van der Waals surface area (Å²) in [5.74, 6) is 0. The van der Waals surface area contributed by atoms with E-state index in [9.17, 15) is 54.2 Å². The molecule has 2 N–H and O–H groups in total. The van der Waals surface area contributed by atoms with Crippen molar-refractivity contribution >= 4 is 81.7 Å². The second kappa shape index (κ2) is 18.7. The fourth-order valence-electron chi connectivity index (χ4n) is 4.57. The largest absolute Gasteiger partial charge is 1.00 e. The fraction of sp³-hybridized carbons (Fsp3) is 0. The standard InChI is InChI=1S/C30H21N5O12S3.3Na/c36-34(33-28-16-15-27(25-3-1-2-4-26(25)28)32-31-21-9-13-24(14-10-21)48(39,40)41)22-11-7-19(29(17-22)49(42,43)44)5-6-20-8-12-23(35(37)38)18-30(20)50(45,46)47;;;/h1-18H,(H,39,40,41)(H,42,43,44)(H,45,46,47);;;/q;3*+1/p-1/b6-5+,32-31?,34-33?;;;. The van der Waals surface area contributed by atoms with Gasteiger partial charge in [-0.2, -0.15) is 21.9 Å². The molecule has 5 aromatic carbocycles. The van der Waals surface area contributed by atoms with Gasteiger partial charge in [-0.1, -0.05) is 41.3 Å². The molecule has 256 valence electrons. The van der Waals surface area contributed by atoms with E-state index in [2.05, 4.69) is 15.3 Å². The Morgan fingerprint density at radius 3 is 1.57 bits per heavy atom. The Labute approximate surface area is 368 Å². The van der Waals surface area contributed by atoms with E-state index in [1.165, 1.54) is 30.3 Å². The van der Waals surface area contributed by atoms with Gasteiger partial charge in [0.25, 0.3) is 25.9 Å². The molecule has 0 saturated heterocycles. The van der Waals surface area contributed by atoms with Crippen LogP contribution in [-0.2, 0) is 30.4 Å². The summed E-state index contributed by atoms with van der Waals surface area (Å²) < 4.78 is 101. The van der Waals surface area contributed by atoms with E-state index >= 15 is 0 Å². The first-order valence-corrected chi connectivity index (χ1v) is 17.9. The second-order valence-electron chi connectivity index (χ2n) is 10.2. The van der Waals surface area contributed by atoms with E-state index < -0.39 is 55.7 Å². The van der Waals surface area contributed by atoms with Crippen LogP contribution in [0.5, 0.6) is 0 Å². The summed E-state index contributed by atoms with van der Waals surface area (Å²) in [5, 5.41) is 37.4. The van der Waals surface area contributed by atoms with Crippen LogP contribution in [0, 0.1) is 15.3 Å². The van der Waals surface area contributed by atoms with Gasteiger partial charge in [0.2, 0.25) is 5.69 Å². The van der Waals surface area contributed by atoms with Crippen molar-refractivity contribution in [2.45, 2.75) is 14.7 Å². The van der Waals surface area contributed by atoms with Crippen molar-refractivity contribution in [3.8, 4) is 0 Å². The van der Waals surface area contributed by atoms with E-state index in [1.807, 2.05) is 0 Å². The number of nitro benzene ring substituents is 1. The molecule has 0 aromatic heterocycles. The number of rotatable bonds is 10. The van der Waals surface area contributed by atoms with Crippen LogP contribution in [0.1, 0.15) is 11.1 Å². The Bertz CT molecular complexity index is 2620. The molecule has 0 radical (unpaired) electrons. The Morgan fingerprint density at radius 2 is 1.08 bits per heavy atom. The number of fused-ring (bicyclic) bond motifs is 1. The van der Waals surface area contributed by atoms with Crippen molar-refractivity contribution in [2.75, 3.05) is 0 Å². The monoisotopic (exact) mass is 807 g/mol. The van der Waals surface area contributed by atoms with E-state index in [1.54, 1.807) is 24.3 Å². The SMILES string of the molecule is O=[N+]([O-])c1ccc(/C=C/c2ccc([N+]([O-])=Nc3ccc(N=Nc4ccc(S(=O)(=O)[O-])cc4)c4ccccc34)cc2S(=O)(=O)O)c(S(=O)(=O)O)c1.[Na+].[Na+].[Na+]. The van der Waals surface area contributed by atoms with Gasteiger partial charge in [-0.15, -0.1) is 5.11 Å². The minimum Gasteiger partial charge on any atom is -0.744 e. The Morgan fingerprint density at radius 1 is 0.604 bits per heavy atom. The van der Waals surface area contributed by atoms with Gasteiger partial charge in [0, 0.05) is 40.2 Å². The molecule has 0 unspecified atom stereocenters. The topological polar surface area (TPSA) is 272 Å². The quantitative estimate of drug-likeness (QED) is 0.0286. The Kier molecular flexibility index (Phi) is 16.4. The molecule has 0 fully saturated rings. The summed E-state index contributed by atoms with van der Waals surface area (Å²) in [6, 6.07) is 20.0. The van der Waals surface area contributed by atoms with E-state index in [4.69, 9.17) is 0 Å². The molecule has 23 heteroatoms. The van der Waals surface area contributed by atoms with Crippen LogP contribution in [0.2, 0.25) is 0 Å². The van der Waals surface area contributed by atoms with Crippen molar-refractivity contribution in [2.24, 2.45) is 15.3 Å². The maximum atomic E-state index is 13.2. The summed E-state index contributed by atoms with van der Waals surface area (Å²) in [4.78, 5) is 8.26. The number of benzene rings is 5. The fourth-order valence-corrected chi connectivity index (χ4v) is 6.45. The second-order valence-corrected chi connectivity index (χ2v) is 14.3. The van der Waals surface area contributed by atoms with Crippen LogP contribution in [0.3, 0.4) is 0 Å². The van der Waals surface area contributed by atoms with Crippen LogP contribution in [0.4, 0.5) is 28.4 Å². The normalized spacial score (nSPS) is 12.2. The number of nitrogens with zero attached hydrogens (tertiary/aromatic N) is 5. The number of nitro groups is 1. The van der Waals surface area contributed by atoms with Gasteiger partial charge in [-0.25, -0.2) is 8.42 Å². The predicted octanol–water partition coefficient (Wildman–Crippen LogP) is -2.33. The predicted molar refractivity (Wildman–Crippen MR) is 176 cm³/mol. The number of hydrogen-bond donors (Lipinski definition) is 2. The molecule has 0 aliphatic heterocycles. The zero-order valence-electron chi connectivity index (χ0n) is 27.8. The number of non-ortho nitro benzene ring substituents is 1. The van der Waals surface area contributed by atoms with Gasteiger partial charge in [0.15, 0.2) is 0 Å². The zero-order valence-corrected chi connectivity index (χ0v) is 36.3. The molecule has 17 nitrogen and oxygen atoms in total. The Balaban J connectivity index is 0.00000324. The van der Waals surface area contributed by atoms with Gasteiger partial charge in [-0.05, 0) is 59.7 Å². The molecule has 0 bridgehead atoms. The van der Waals surface area contributed by atoms with Crippen LogP contribution >= 0.6 is 0 Å². The molecule has 0 saturated carbocycles. The minimum atomic E-state index is -4.99. The van der Waals surface area contributed by atoms with Crippen LogP contribution < -0.4 is 88.7 Å². The molecule has 5 aromatic rings. The summed E-state index contributed by atoms with van der Waals surface area (Å²) in [6.45, 7) is 0. The van der Waals surface area contributed by atoms with Crippen molar-refractivity contribution in [3.63, 3.8) is 0 Å². The molecule has 0 spiro atoms. The van der Waals surface area contributed by atoms with Gasteiger partial charge >= 0.3 is 88.7 Å². The van der Waals surface area contributed by atoms with Gasteiger partial charge < -0.3 is 9.76 Å². The van der Waals surface area contributed by atoms with Crippen LogP contribution in [0.25, 0.3) is 22.9 Å². The molecule has 5 rings (SSSR count). The van der Waals surface area contributed by atoms with E-state index in [0.29, 0.717) is 22.5 Å². The van der Waals surface area contributed by atoms with Gasteiger partial charge in [0.1, 0.15) is 25.6 Å².